The van der Waals surface area contributed by atoms with E-state index in [9.17, 15) is 4.79 Å². The minimum absolute atomic E-state index is 0.134. The van der Waals surface area contributed by atoms with E-state index in [4.69, 9.17) is 5.73 Å². The van der Waals surface area contributed by atoms with Crippen molar-refractivity contribution in [2.24, 2.45) is 0 Å². The molecule has 2 aromatic rings. The molecular formula is C15H21N5O. The number of rotatable bonds is 3. The van der Waals surface area contributed by atoms with Crippen LogP contribution in [-0.2, 0) is 4.79 Å². The van der Waals surface area contributed by atoms with Gasteiger partial charge in [-0.25, -0.2) is 4.98 Å². The molecule has 1 aromatic carbocycles. The van der Waals surface area contributed by atoms with Gasteiger partial charge in [-0.1, -0.05) is 0 Å². The molecule has 0 saturated carbocycles. The van der Waals surface area contributed by atoms with Gasteiger partial charge in [0.15, 0.2) is 0 Å². The highest BCUT2D eigenvalue weighted by atomic mass is 16.2. The third kappa shape index (κ3) is 2.94. The van der Waals surface area contributed by atoms with Gasteiger partial charge >= 0.3 is 0 Å². The molecular weight excluding hydrogens is 266 g/mol. The number of aromatic amines is 1. The van der Waals surface area contributed by atoms with E-state index in [0.717, 1.165) is 37.0 Å². The molecule has 6 nitrogen and oxygen atoms in total. The van der Waals surface area contributed by atoms with Crippen LogP contribution in [0, 0.1) is 0 Å². The number of hydrogen-bond acceptors (Lipinski definition) is 4. The highest BCUT2D eigenvalue weighted by Gasteiger charge is 2.22. The first kappa shape index (κ1) is 13.7. The smallest absolute Gasteiger partial charge is 0.244 e. The van der Waals surface area contributed by atoms with Crippen LogP contribution in [0.1, 0.15) is 26.2 Å². The van der Waals surface area contributed by atoms with Gasteiger partial charge in [0, 0.05) is 18.8 Å². The average Bonchev–Trinajstić information content (AvgIpc) is 2.88. The number of aromatic nitrogens is 2. The average molecular weight is 287 g/mol. The van der Waals surface area contributed by atoms with E-state index in [1.165, 1.54) is 6.42 Å². The first-order chi connectivity index (χ1) is 10.1. The van der Waals surface area contributed by atoms with Crippen molar-refractivity contribution in [1.82, 2.24) is 14.9 Å². The maximum absolute atomic E-state index is 12.4. The first-order valence-corrected chi connectivity index (χ1v) is 7.44. The Morgan fingerprint density at radius 1 is 1.38 bits per heavy atom. The molecule has 1 amide bonds. The van der Waals surface area contributed by atoms with Gasteiger partial charge in [-0.2, -0.15) is 0 Å². The number of H-pyrrole nitrogens is 1. The van der Waals surface area contributed by atoms with E-state index < -0.39 is 0 Å². The molecule has 0 aliphatic carbocycles. The second-order valence-electron chi connectivity index (χ2n) is 5.61. The lowest BCUT2D eigenvalue weighted by molar-refractivity contribution is -0.132. The van der Waals surface area contributed by atoms with Crippen LogP contribution < -0.4 is 11.1 Å². The van der Waals surface area contributed by atoms with Gasteiger partial charge in [-0.3, -0.25) is 4.79 Å². The van der Waals surface area contributed by atoms with Crippen molar-refractivity contribution in [3.05, 3.63) is 18.2 Å². The lowest BCUT2D eigenvalue weighted by Crippen LogP contribution is -2.44. The molecule has 2 heterocycles. The van der Waals surface area contributed by atoms with Crippen LogP contribution in [0.25, 0.3) is 11.0 Å². The Morgan fingerprint density at radius 2 is 2.14 bits per heavy atom. The fourth-order valence-electron chi connectivity index (χ4n) is 2.75. The van der Waals surface area contributed by atoms with Crippen LogP contribution in [-0.4, -0.2) is 39.9 Å². The van der Waals surface area contributed by atoms with Gasteiger partial charge in [0.25, 0.3) is 0 Å². The summed E-state index contributed by atoms with van der Waals surface area (Å²) in [5.41, 5.74) is 8.15. The molecule has 1 aliphatic heterocycles. The molecule has 0 radical (unpaired) electrons. The number of piperidine rings is 1. The molecule has 0 spiro atoms. The van der Waals surface area contributed by atoms with Crippen molar-refractivity contribution in [3.8, 4) is 0 Å². The Morgan fingerprint density at radius 3 is 2.90 bits per heavy atom. The summed E-state index contributed by atoms with van der Waals surface area (Å²) in [6, 6.07) is 5.23. The second kappa shape index (κ2) is 5.63. The van der Waals surface area contributed by atoms with Crippen molar-refractivity contribution >= 4 is 28.6 Å². The number of amides is 1. The van der Waals surface area contributed by atoms with E-state index in [-0.39, 0.29) is 11.9 Å². The van der Waals surface area contributed by atoms with Crippen molar-refractivity contribution in [2.45, 2.75) is 32.2 Å². The van der Waals surface area contributed by atoms with Gasteiger partial charge in [0.05, 0.1) is 11.0 Å². The number of anilines is 2. The molecule has 1 fully saturated rings. The summed E-state index contributed by atoms with van der Waals surface area (Å²) < 4.78 is 0. The number of carbonyl (C=O) groups excluding carboxylic acids is 1. The van der Waals surface area contributed by atoms with Crippen LogP contribution in [0.4, 0.5) is 11.6 Å². The normalized spacial score (nSPS) is 16.9. The van der Waals surface area contributed by atoms with Crippen LogP contribution in [0.15, 0.2) is 18.2 Å². The lowest BCUT2D eigenvalue weighted by Gasteiger charge is -2.29. The highest BCUT2D eigenvalue weighted by Crippen LogP contribution is 2.18. The molecule has 21 heavy (non-hydrogen) atoms. The third-order valence-electron chi connectivity index (χ3n) is 3.90. The zero-order valence-corrected chi connectivity index (χ0v) is 12.2. The van der Waals surface area contributed by atoms with Gasteiger partial charge in [-0.15, -0.1) is 0 Å². The number of nitrogens with one attached hydrogen (secondary N) is 2. The molecule has 1 aromatic heterocycles. The van der Waals surface area contributed by atoms with Gasteiger partial charge in [0.1, 0.15) is 6.04 Å². The summed E-state index contributed by atoms with van der Waals surface area (Å²) >= 11 is 0. The molecule has 112 valence electrons. The van der Waals surface area contributed by atoms with Gasteiger partial charge in [0.2, 0.25) is 11.9 Å². The number of carbonyl (C=O) groups is 1. The number of likely N-dealkylation sites (tertiary alicyclic amines) is 1. The van der Waals surface area contributed by atoms with Crippen LogP contribution in [0.5, 0.6) is 0 Å². The summed E-state index contributed by atoms with van der Waals surface area (Å²) in [7, 11) is 0. The second-order valence-corrected chi connectivity index (χ2v) is 5.61. The van der Waals surface area contributed by atoms with Crippen LogP contribution in [0.2, 0.25) is 0 Å². The summed E-state index contributed by atoms with van der Waals surface area (Å²) in [4.78, 5) is 21.9. The van der Waals surface area contributed by atoms with E-state index in [2.05, 4.69) is 15.3 Å². The number of fused-ring (bicyclic) bond motifs is 1. The van der Waals surface area contributed by atoms with Crippen LogP contribution >= 0.6 is 0 Å². The lowest BCUT2D eigenvalue weighted by atomic mass is 10.1. The number of nitrogens with zero attached hydrogens (tertiary/aromatic N) is 2. The van der Waals surface area contributed by atoms with Gasteiger partial charge in [-0.05, 0) is 44.4 Å². The molecule has 1 unspecified atom stereocenters. The topological polar surface area (TPSA) is 87.0 Å². The fraction of sp³-hybridized carbons (Fsp3) is 0.467. The molecule has 1 aliphatic rings. The van der Waals surface area contributed by atoms with E-state index >= 15 is 0 Å². The predicted octanol–water partition coefficient (Wildman–Crippen LogP) is 1.96. The minimum Gasteiger partial charge on any atom is -0.399 e. The Bertz CT molecular complexity index is 645. The molecule has 1 saturated heterocycles. The van der Waals surface area contributed by atoms with Crippen molar-refractivity contribution < 1.29 is 4.79 Å². The van der Waals surface area contributed by atoms with E-state index in [1.54, 1.807) is 0 Å². The van der Waals surface area contributed by atoms with E-state index in [0.29, 0.717) is 11.6 Å². The zero-order valence-electron chi connectivity index (χ0n) is 12.2. The maximum Gasteiger partial charge on any atom is 0.244 e. The van der Waals surface area contributed by atoms with Crippen molar-refractivity contribution in [1.29, 1.82) is 0 Å². The summed E-state index contributed by atoms with van der Waals surface area (Å²) in [5, 5.41) is 3.15. The summed E-state index contributed by atoms with van der Waals surface area (Å²) in [6.07, 6.45) is 3.42. The van der Waals surface area contributed by atoms with E-state index in [1.807, 2.05) is 30.0 Å². The number of benzene rings is 1. The SMILES string of the molecule is CC(Nc1nc2ccc(N)cc2[nH]1)C(=O)N1CCCCC1. The Hall–Kier alpha value is -2.24. The summed E-state index contributed by atoms with van der Waals surface area (Å²) in [6.45, 7) is 3.60. The molecule has 0 bridgehead atoms. The largest absolute Gasteiger partial charge is 0.399 e. The summed E-state index contributed by atoms with van der Waals surface area (Å²) in [5.74, 6) is 0.739. The highest BCUT2D eigenvalue weighted by molar-refractivity contribution is 5.85. The monoisotopic (exact) mass is 287 g/mol. The maximum atomic E-state index is 12.4. The molecule has 4 N–H and O–H groups in total. The number of hydrogen-bond donors (Lipinski definition) is 3. The number of nitrogens with two attached hydrogens (primary N) is 1. The number of nitrogen functional groups attached to an aromatic ring is 1. The molecule has 1 atom stereocenters. The number of imidazole rings is 1. The Kier molecular flexibility index (Phi) is 3.68. The van der Waals surface area contributed by atoms with Crippen molar-refractivity contribution in [3.63, 3.8) is 0 Å². The fourth-order valence-corrected chi connectivity index (χ4v) is 2.75. The zero-order chi connectivity index (χ0) is 14.8. The quantitative estimate of drug-likeness (QED) is 0.753. The standard InChI is InChI=1S/C15H21N5O/c1-10(14(21)20-7-3-2-4-8-20)17-15-18-12-6-5-11(16)9-13(12)19-15/h5-6,9-10H,2-4,7-8,16H2,1H3,(H2,17,18,19). The minimum atomic E-state index is -0.291. The predicted molar refractivity (Wildman–Crippen MR) is 84.0 cm³/mol. The Balaban J connectivity index is 1.70. The van der Waals surface area contributed by atoms with Crippen LogP contribution in [0.3, 0.4) is 0 Å². The van der Waals surface area contributed by atoms with Crippen molar-refractivity contribution in [2.75, 3.05) is 24.1 Å². The first-order valence-electron chi connectivity index (χ1n) is 7.44. The van der Waals surface area contributed by atoms with Gasteiger partial charge < -0.3 is 20.9 Å². The third-order valence-corrected chi connectivity index (χ3v) is 3.90. The molecule has 6 heteroatoms. The Labute approximate surface area is 123 Å². The molecule has 3 rings (SSSR count).